The second-order valence-corrected chi connectivity index (χ2v) is 4.42. The van der Waals surface area contributed by atoms with Crippen LogP contribution in [0, 0.1) is 6.92 Å². The normalized spacial score (nSPS) is 30.7. The fraction of sp³-hybridized carbons (Fsp3) is 0.636. The fourth-order valence-electron chi connectivity index (χ4n) is 2.12. The number of hydrogen-bond donors (Lipinski definition) is 3. The maximum Gasteiger partial charge on any atom is 0.330 e. The largest absolute Gasteiger partial charge is 0.394 e. The van der Waals surface area contributed by atoms with Crippen LogP contribution in [0.25, 0.3) is 0 Å². The van der Waals surface area contributed by atoms with E-state index < -0.39 is 42.4 Å². The topological polar surface area (TPSA) is 114 Å². The van der Waals surface area contributed by atoms with Gasteiger partial charge >= 0.3 is 5.69 Å². The minimum Gasteiger partial charge on any atom is -0.394 e. The molecule has 1 aromatic heterocycles. The first-order valence-electron chi connectivity index (χ1n) is 5.78. The average Bonchev–Trinajstić information content (AvgIpc) is 2.70. The van der Waals surface area contributed by atoms with Crippen molar-refractivity contribution >= 4 is 0 Å². The van der Waals surface area contributed by atoms with E-state index in [2.05, 4.69) is 4.98 Å². The number of ether oxygens (including phenoxy) is 2. The lowest BCUT2D eigenvalue weighted by molar-refractivity contribution is -0.0626. The zero-order valence-electron chi connectivity index (χ0n) is 10.6. The molecule has 8 heteroatoms. The van der Waals surface area contributed by atoms with Crippen LogP contribution in [0.3, 0.4) is 0 Å². The summed E-state index contributed by atoms with van der Waals surface area (Å²) in [5.41, 5.74) is -0.805. The lowest BCUT2D eigenvalue weighted by Gasteiger charge is -2.20. The zero-order chi connectivity index (χ0) is 14.2. The Hall–Kier alpha value is -1.48. The Morgan fingerprint density at radius 1 is 1.53 bits per heavy atom. The summed E-state index contributed by atoms with van der Waals surface area (Å²) in [6.45, 7) is 1.15. The van der Waals surface area contributed by atoms with Crippen molar-refractivity contribution in [2.45, 2.75) is 31.5 Å². The number of rotatable bonds is 3. The molecule has 2 heterocycles. The van der Waals surface area contributed by atoms with Crippen molar-refractivity contribution in [3.63, 3.8) is 0 Å². The van der Waals surface area contributed by atoms with Gasteiger partial charge < -0.3 is 19.7 Å². The van der Waals surface area contributed by atoms with Crippen LogP contribution in [0.4, 0.5) is 0 Å². The van der Waals surface area contributed by atoms with Gasteiger partial charge in [0, 0.05) is 18.9 Å². The van der Waals surface area contributed by atoms with Gasteiger partial charge in [0.2, 0.25) is 0 Å². The molecule has 1 aliphatic rings. The molecular formula is C11H16N2O6. The molecule has 2 rings (SSSR count). The van der Waals surface area contributed by atoms with Gasteiger partial charge in [0.25, 0.3) is 5.56 Å². The number of H-pyrrole nitrogens is 1. The van der Waals surface area contributed by atoms with E-state index >= 15 is 0 Å². The van der Waals surface area contributed by atoms with Crippen LogP contribution >= 0.6 is 0 Å². The Morgan fingerprint density at radius 2 is 2.21 bits per heavy atom. The Kier molecular flexibility index (Phi) is 3.85. The molecular weight excluding hydrogens is 256 g/mol. The highest BCUT2D eigenvalue weighted by Crippen LogP contribution is 2.30. The van der Waals surface area contributed by atoms with E-state index in [1.807, 2.05) is 0 Å². The standard InChI is InChI=1S/C11H16N2O6/c1-5-3-13(11(17)12-9(5)16)10-8(18-2)7(15)6(4-14)19-10/h3,6-8,10,14-15H,4H2,1-2H3,(H,12,16,17)/t6-,7+,8-,10+/m0/s1. The van der Waals surface area contributed by atoms with E-state index in [1.165, 1.54) is 13.3 Å². The molecule has 0 amide bonds. The number of aromatic amines is 1. The van der Waals surface area contributed by atoms with Gasteiger partial charge in [0.1, 0.15) is 18.3 Å². The molecule has 0 spiro atoms. The lowest BCUT2D eigenvalue weighted by Crippen LogP contribution is -2.39. The summed E-state index contributed by atoms with van der Waals surface area (Å²) in [7, 11) is 1.37. The third-order valence-corrected chi connectivity index (χ3v) is 3.18. The van der Waals surface area contributed by atoms with Gasteiger partial charge in [-0.15, -0.1) is 0 Å². The first kappa shape index (κ1) is 13.9. The van der Waals surface area contributed by atoms with Gasteiger partial charge in [-0.2, -0.15) is 0 Å². The number of nitrogens with one attached hydrogen (secondary N) is 1. The number of hydrogen-bond acceptors (Lipinski definition) is 6. The van der Waals surface area contributed by atoms with Crippen LogP contribution in [-0.4, -0.2) is 51.8 Å². The molecule has 3 N–H and O–H groups in total. The smallest absolute Gasteiger partial charge is 0.330 e. The highest BCUT2D eigenvalue weighted by Gasteiger charge is 2.45. The molecule has 0 aromatic carbocycles. The Balaban J connectivity index is 2.44. The van der Waals surface area contributed by atoms with Gasteiger partial charge in [0.15, 0.2) is 6.23 Å². The lowest BCUT2D eigenvalue weighted by atomic mass is 10.1. The van der Waals surface area contributed by atoms with E-state index in [-0.39, 0.29) is 0 Å². The predicted molar refractivity (Wildman–Crippen MR) is 63.9 cm³/mol. The molecule has 106 valence electrons. The third kappa shape index (κ3) is 2.35. The summed E-state index contributed by atoms with van der Waals surface area (Å²) in [4.78, 5) is 25.2. The van der Waals surface area contributed by atoms with Crippen molar-refractivity contribution in [1.82, 2.24) is 9.55 Å². The van der Waals surface area contributed by atoms with Gasteiger partial charge in [-0.05, 0) is 6.92 Å². The summed E-state index contributed by atoms with van der Waals surface area (Å²) in [5, 5.41) is 19.0. The van der Waals surface area contributed by atoms with E-state index in [1.54, 1.807) is 6.92 Å². The maximum absolute atomic E-state index is 11.8. The second kappa shape index (κ2) is 5.25. The van der Waals surface area contributed by atoms with Crippen molar-refractivity contribution < 1.29 is 19.7 Å². The number of methoxy groups -OCH3 is 1. The summed E-state index contributed by atoms with van der Waals surface area (Å²) in [6.07, 6.45) is -2.27. The van der Waals surface area contributed by atoms with Crippen LogP contribution < -0.4 is 11.2 Å². The molecule has 0 radical (unpaired) electrons. The predicted octanol–water partition coefficient (Wildman–Crippen LogP) is -1.89. The summed E-state index contributed by atoms with van der Waals surface area (Å²) < 4.78 is 11.7. The van der Waals surface area contributed by atoms with Crippen molar-refractivity contribution in [2.75, 3.05) is 13.7 Å². The van der Waals surface area contributed by atoms with Crippen LogP contribution in [0.15, 0.2) is 15.8 Å². The Bertz CT molecular complexity index is 565. The van der Waals surface area contributed by atoms with Gasteiger partial charge in [0.05, 0.1) is 6.61 Å². The number of aliphatic hydroxyl groups excluding tert-OH is 2. The van der Waals surface area contributed by atoms with E-state index in [4.69, 9.17) is 14.6 Å². The molecule has 1 saturated heterocycles. The van der Waals surface area contributed by atoms with Gasteiger partial charge in [-0.1, -0.05) is 0 Å². The first-order valence-corrected chi connectivity index (χ1v) is 5.78. The van der Waals surface area contributed by atoms with E-state index in [0.29, 0.717) is 5.56 Å². The highest BCUT2D eigenvalue weighted by molar-refractivity contribution is 5.03. The van der Waals surface area contributed by atoms with Crippen molar-refractivity contribution in [3.8, 4) is 0 Å². The average molecular weight is 272 g/mol. The Morgan fingerprint density at radius 3 is 2.79 bits per heavy atom. The molecule has 0 saturated carbocycles. The highest BCUT2D eigenvalue weighted by atomic mass is 16.6. The monoisotopic (exact) mass is 272 g/mol. The molecule has 1 aromatic rings. The molecule has 4 atom stereocenters. The number of aliphatic hydroxyl groups is 2. The molecule has 8 nitrogen and oxygen atoms in total. The van der Waals surface area contributed by atoms with Crippen LogP contribution in [0.5, 0.6) is 0 Å². The van der Waals surface area contributed by atoms with Crippen molar-refractivity contribution in [1.29, 1.82) is 0 Å². The molecule has 1 fully saturated rings. The summed E-state index contributed by atoms with van der Waals surface area (Å²) >= 11 is 0. The van der Waals surface area contributed by atoms with Crippen LogP contribution in [-0.2, 0) is 9.47 Å². The summed E-state index contributed by atoms with van der Waals surface area (Å²) in [5.74, 6) is 0. The quantitative estimate of drug-likeness (QED) is 0.593. The summed E-state index contributed by atoms with van der Waals surface area (Å²) in [6, 6.07) is 0. The van der Waals surface area contributed by atoms with Crippen LogP contribution in [0.1, 0.15) is 11.8 Å². The second-order valence-electron chi connectivity index (χ2n) is 4.42. The molecule has 1 aliphatic heterocycles. The Labute approximate surface area is 108 Å². The van der Waals surface area contributed by atoms with Crippen LogP contribution in [0.2, 0.25) is 0 Å². The fourth-order valence-corrected chi connectivity index (χ4v) is 2.12. The molecule has 0 aliphatic carbocycles. The molecule has 19 heavy (non-hydrogen) atoms. The van der Waals surface area contributed by atoms with E-state index in [9.17, 15) is 14.7 Å². The number of aromatic nitrogens is 2. The SMILES string of the molecule is CO[C@H]1[C@H](O)[C@H](CO)O[C@H]1n1cc(C)c(=O)[nH]c1=O. The third-order valence-electron chi connectivity index (χ3n) is 3.18. The minimum absolute atomic E-state index is 0.333. The van der Waals surface area contributed by atoms with E-state index in [0.717, 1.165) is 4.57 Å². The maximum atomic E-state index is 11.8. The minimum atomic E-state index is -1.06. The number of aryl methyl sites for hydroxylation is 1. The number of nitrogens with zero attached hydrogens (tertiary/aromatic N) is 1. The molecule has 0 bridgehead atoms. The van der Waals surface area contributed by atoms with Crippen molar-refractivity contribution in [2.24, 2.45) is 0 Å². The van der Waals surface area contributed by atoms with Gasteiger partial charge in [-0.25, -0.2) is 4.79 Å². The zero-order valence-corrected chi connectivity index (χ0v) is 10.6. The van der Waals surface area contributed by atoms with Crippen molar-refractivity contribution in [3.05, 3.63) is 32.6 Å². The molecule has 0 unspecified atom stereocenters. The van der Waals surface area contributed by atoms with Gasteiger partial charge in [-0.3, -0.25) is 14.3 Å². The first-order chi connectivity index (χ1) is 8.99.